The second-order valence-corrected chi connectivity index (χ2v) is 3.53. The minimum absolute atomic E-state index is 0.0176. The smallest absolute Gasteiger partial charge is 0.303 e. The first-order valence-corrected chi connectivity index (χ1v) is 4.62. The van der Waals surface area contributed by atoms with Crippen LogP contribution in [0.1, 0.15) is 26.2 Å². The van der Waals surface area contributed by atoms with E-state index in [1.807, 2.05) is 6.92 Å². The average molecular weight is 185 g/mol. The van der Waals surface area contributed by atoms with Crippen LogP contribution in [0.3, 0.4) is 0 Å². The highest BCUT2D eigenvalue weighted by molar-refractivity contribution is 5.78. The Labute approximate surface area is 77.3 Å². The molecule has 13 heavy (non-hydrogen) atoms. The molecule has 0 aromatic carbocycles. The second kappa shape index (κ2) is 4.25. The number of carbonyl (C=O) groups is 2. The maximum absolute atomic E-state index is 11.0. The number of hydrogen-bond acceptors (Lipinski definition) is 2. The number of amides is 1. The van der Waals surface area contributed by atoms with E-state index < -0.39 is 5.97 Å². The molecule has 4 nitrogen and oxygen atoms in total. The van der Waals surface area contributed by atoms with Gasteiger partial charge in [-0.05, 0) is 11.8 Å². The van der Waals surface area contributed by atoms with Crippen molar-refractivity contribution in [2.75, 3.05) is 6.54 Å². The van der Waals surface area contributed by atoms with Crippen molar-refractivity contribution in [3.63, 3.8) is 0 Å². The number of hydrogen-bond donors (Lipinski definition) is 2. The Balaban J connectivity index is 2.54. The molecular weight excluding hydrogens is 170 g/mol. The molecule has 1 saturated heterocycles. The van der Waals surface area contributed by atoms with Gasteiger partial charge in [0, 0.05) is 19.4 Å². The van der Waals surface area contributed by atoms with Gasteiger partial charge < -0.3 is 10.4 Å². The van der Waals surface area contributed by atoms with Crippen LogP contribution in [0.15, 0.2) is 0 Å². The van der Waals surface area contributed by atoms with E-state index in [4.69, 9.17) is 5.11 Å². The SMILES string of the molecule is CC[C@@H]1CNC(=O)C[C@H]1CC(=O)O. The van der Waals surface area contributed by atoms with Crippen molar-refractivity contribution in [2.24, 2.45) is 11.8 Å². The molecule has 74 valence electrons. The van der Waals surface area contributed by atoms with Crippen molar-refractivity contribution in [2.45, 2.75) is 26.2 Å². The third kappa shape index (κ3) is 2.72. The Morgan fingerprint density at radius 2 is 2.31 bits per heavy atom. The molecule has 0 saturated carbocycles. The van der Waals surface area contributed by atoms with Crippen molar-refractivity contribution in [3.05, 3.63) is 0 Å². The lowest BCUT2D eigenvalue weighted by Gasteiger charge is -2.29. The minimum atomic E-state index is -0.807. The van der Waals surface area contributed by atoms with E-state index in [0.717, 1.165) is 6.42 Å². The predicted molar refractivity (Wildman–Crippen MR) is 47.2 cm³/mol. The standard InChI is InChI=1S/C9H15NO3/c1-2-6-5-10-8(11)3-7(6)4-9(12)13/h6-7H,2-5H2,1H3,(H,10,11)(H,12,13)/t6-,7+/m1/s1. The zero-order valence-electron chi connectivity index (χ0n) is 7.75. The van der Waals surface area contributed by atoms with Crippen molar-refractivity contribution in [1.82, 2.24) is 5.32 Å². The summed E-state index contributed by atoms with van der Waals surface area (Å²) < 4.78 is 0. The Bertz CT molecular complexity index is 213. The lowest BCUT2D eigenvalue weighted by Crippen LogP contribution is -2.41. The van der Waals surface area contributed by atoms with E-state index in [1.54, 1.807) is 0 Å². The summed E-state index contributed by atoms with van der Waals surface area (Å²) in [6, 6.07) is 0. The molecule has 0 bridgehead atoms. The molecule has 1 amide bonds. The average Bonchev–Trinajstić information content (AvgIpc) is 2.03. The molecule has 1 fully saturated rings. The van der Waals surface area contributed by atoms with Gasteiger partial charge in [-0.15, -0.1) is 0 Å². The van der Waals surface area contributed by atoms with Gasteiger partial charge in [-0.2, -0.15) is 0 Å². The fraction of sp³-hybridized carbons (Fsp3) is 0.778. The van der Waals surface area contributed by atoms with Crippen LogP contribution in [0.4, 0.5) is 0 Å². The van der Waals surface area contributed by atoms with E-state index in [1.165, 1.54) is 0 Å². The molecule has 1 heterocycles. The van der Waals surface area contributed by atoms with Gasteiger partial charge in [0.05, 0.1) is 0 Å². The molecule has 4 heteroatoms. The number of carbonyl (C=O) groups excluding carboxylic acids is 1. The summed E-state index contributed by atoms with van der Waals surface area (Å²) in [7, 11) is 0. The molecule has 2 atom stereocenters. The fourth-order valence-corrected chi connectivity index (χ4v) is 1.83. The van der Waals surface area contributed by atoms with Crippen LogP contribution >= 0.6 is 0 Å². The van der Waals surface area contributed by atoms with Crippen LogP contribution in [0, 0.1) is 11.8 Å². The summed E-state index contributed by atoms with van der Waals surface area (Å²) in [5.74, 6) is -0.473. The molecule has 0 aromatic heterocycles. The van der Waals surface area contributed by atoms with Gasteiger partial charge in [0.25, 0.3) is 0 Å². The van der Waals surface area contributed by atoms with Crippen molar-refractivity contribution >= 4 is 11.9 Å². The monoisotopic (exact) mass is 185 g/mol. The van der Waals surface area contributed by atoms with Crippen molar-refractivity contribution in [1.29, 1.82) is 0 Å². The highest BCUT2D eigenvalue weighted by Gasteiger charge is 2.29. The van der Waals surface area contributed by atoms with Crippen LogP contribution in [0.5, 0.6) is 0 Å². The van der Waals surface area contributed by atoms with Crippen molar-refractivity contribution in [3.8, 4) is 0 Å². The molecule has 1 rings (SSSR count). The van der Waals surface area contributed by atoms with Gasteiger partial charge >= 0.3 is 5.97 Å². The molecule has 0 unspecified atom stereocenters. The molecule has 1 aliphatic heterocycles. The summed E-state index contributed by atoms with van der Waals surface area (Å²) in [5.41, 5.74) is 0. The zero-order valence-corrected chi connectivity index (χ0v) is 7.75. The van der Waals surface area contributed by atoms with E-state index in [-0.39, 0.29) is 18.2 Å². The molecule has 1 aliphatic rings. The Kier molecular flexibility index (Phi) is 3.28. The van der Waals surface area contributed by atoms with Gasteiger partial charge in [-0.3, -0.25) is 9.59 Å². The summed E-state index contributed by atoms with van der Waals surface area (Å²) in [4.78, 5) is 21.5. The maximum Gasteiger partial charge on any atom is 0.303 e. The zero-order chi connectivity index (χ0) is 9.84. The Morgan fingerprint density at radius 3 is 2.85 bits per heavy atom. The molecule has 0 aliphatic carbocycles. The largest absolute Gasteiger partial charge is 0.481 e. The van der Waals surface area contributed by atoms with Crippen LogP contribution in [0.2, 0.25) is 0 Å². The highest BCUT2D eigenvalue weighted by Crippen LogP contribution is 2.25. The van der Waals surface area contributed by atoms with E-state index in [0.29, 0.717) is 18.9 Å². The molecule has 0 aromatic rings. The molecule has 0 radical (unpaired) electrons. The Hall–Kier alpha value is -1.06. The number of piperidine rings is 1. The molecule has 2 N–H and O–H groups in total. The first-order chi connectivity index (χ1) is 6.13. The first kappa shape index (κ1) is 10.0. The van der Waals surface area contributed by atoms with E-state index in [2.05, 4.69) is 5.32 Å². The number of aliphatic carboxylic acids is 1. The molecular formula is C9H15NO3. The predicted octanol–water partition coefficient (Wildman–Crippen LogP) is 0.623. The second-order valence-electron chi connectivity index (χ2n) is 3.53. The topological polar surface area (TPSA) is 66.4 Å². The quantitative estimate of drug-likeness (QED) is 0.677. The number of carboxylic acids is 1. The number of rotatable bonds is 3. The molecule has 0 spiro atoms. The summed E-state index contributed by atoms with van der Waals surface area (Å²) >= 11 is 0. The lowest BCUT2D eigenvalue weighted by atomic mass is 9.82. The fourth-order valence-electron chi connectivity index (χ4n) is 1.83. The van der Waals surface area contributed by atoms with Gasteiger partial charge in [0.1, 0.15) is 0 Å². The summed E-state index contributed by atoms with van der Waals surface area (Å²) in [5, 5.41) is 11.4. The number of carboxylic acid groups (broad SMARTS) is 1. The lowest BCUT2D eigenvalue weighted by molar-refractivity contribution is -0.139. The van der Waals surface area contributed by atoms with Crippen LogP contribution in [0.25, 0.3) is 0 Å². The maximum atomic E-state index is 11.0. The number of nitrogens with one attached hydrogen (secondary N) is 1. The summed E-state index contributed by atoms with van der Waals surface area (Å²) in [6.07, 6.45) is 1.41. The normalized spacial score (nSPS) is 28.2. The Morgan fingerprint density at radius 1 is 1.62 bits per heavy atom. The van der Waals surface area contributed by atoms with E-state index in [9.17, 15) is 9.59 Å². The van der Waals surface area contributed by atoms with Gasteiger partial charge in [-0.1, -0.05) is 13.3 Å². The van der Waals surface area contributed by atoms with Crippen molar-refractivity contribution < 1.29 is 14.7 Å². The van der Waals surface area contributed by atoms with Gasteiger partial charge in [0.15, 0.2) is 0 Å². The third-order valence-corrected chi connectivity index (χ3v) is 2.64. The van der Waals surface area contributed by atoms with E-state index >= 15 is 0 Å². The van der Waals surface area contributed by atoms with Crippen LogP contribution < -0.4 is 5.32 Å². The third-order valence-electron chi connectivity index (χ3n) is 2.64. The van der Waals surface area contributed by atoms with Crippen LogP contribution in [-0.4, -0.2) is 23.5 Å². The van der Waals surface area contributed by atoms with Crippen LogP contribution in [-0.2, 0) is 9.59 Å². The summed E-state index contributed by atoms with van der Waals surface area (Å²) in [6.45, 7) is 2.66. The minimum Gasteiger partial charge on any atom is -0.481 e. The van der Waals surface area contributed by atoms with Gasteiger partial charge in [0.2, 0.25) is 5.91 Å². The van der Waals surface area contributed by atoms with Gasteiger partial charge in [-0.25, -0.2) is 0 Å². The first-order valence-electron chi connectivity index (χ1n) is 4.62. The highest BCUT2D eigenvalue weighted by atomic mass is 16.4.